The third-order valence-corrected chi connectivity index (χ3v) is 3.69. The first kappa shape index (κ1) is 15.8. The topological polar surface area (TPSA) is 70.7 Å². The number of nitrogens with zero attached hydrogens (tertiary/aromatic N) is 4. The molecule has 1 aromatic rings. The normalized spacial score (nSPS) is 22.7. The summed E-state index contributed by atoms with van der Waals surface area (Å²) in [6.07, 6.45) is -5.87. The zero-order valence-electron chi connectivity index (χ0n) is 11.4. The number of hydrogen-bond donors (Lipinski definition) is 1. The Morgan fingerprint density at radius 3 is 2.43 bits per heavy atom. The van der Waals surface area contributed by atoms with Gasteiger partial charge in [-0.3, -0.25) is 9.48 Å². The largest absolute Gasteiger partial charge is 0.438 e. The molecule has 0 saturated heterocycles. The number of amides is 1. The van der Waals surface area contributed by atoms with Crippen molar-refractivity contribution in [3.8, 4) is 0 Å². The van der Waals surface area contributed by atoms with Gasteiger partial charge in [0.05, 0.1) is 10.7 Å². The quantitative estimate of drug-likeness (QED) is 0.857. The number of carbonyl (C=O) groups excluding carboxylic acids is 1. The van der Waals surface area contributed by atoms with Crippen LogP contribution in [0.3, 0.4) is 0 Å². The fraction of sp³-hybridized carbons (Fsp3) is 0.545. The summed E-state index contributed by atoms with van der Waals surface area (Å²) >= 11 is 5.89. The second-order valence-corrected chi connectivity index (χ2v) is 5.19. The number of alkyl halides is 3. The predicted octanol–water partition coefficient (Wildman–Crippen LogP) is 1.85. The number of hydrogen-bond acceptors (Lipinski definition) is 4. The van der Waals surface area contributed by atoms with E-state index in [0.717, 1.165) is 0 Å². The number of carbonyl (C=O) groups is 1. The molecule has 21 heavy (non-hydrogen) atoms. The lowest BCUT2D eigenvalue weighted by Crippen LogP contribution is -2.56. The summed E-state index contributed by atoms with van der Waals surface area (Å²) in [7, 11) is 1.49. The molecule has 0 bridgehead atoms. The van der Waals surface area contributed by atoms with E-state index in [1.165, 1.54) is 18.7 Å². The molecule has 0 fully saturated rings. The number of hydrazone groups is 1. The first-order valence-corrected chi connectivity index (χ1v) is 6.23. The van der Waals surface area contributed by atoms with Crippen LogP contribution in [0.2, 0.25) is 5.02 Å². The van der Waals surface area contributed by atoms with Gasteiger partial charge in [-0.1, -0.05) is 11.6 Å². The van der Waals surface area contributed by atoms with Crippen molar-refractivity contribution in [1.82, 2.24) is 14.8 Å². The summed E-state index contributed by atoms with van der Waals surface area (Å²) in [5.41, 5.74) is -3.39. The molecule has 0 spiro atoms. The standard InChI is InChI=1S/C11H12ClF3N4O2/c1-5-4-10(21,11(13,14)15)19(16-5)9(20)8-7(12)6(2)18(3)17-8/h21H,4H2,1-3H3/t10-/m1/s1. The highest BCUT2D eigenvalue weighted by Gasteiger charge is 2.63. The Hall–Kier alpha value is -1.61. The summed E-state index contributed by atoms with van der Waals surface area (Å²) in [6, 6.07) is 0. The van der Waals surface area contributed by atoms with Crippen LogP contribution in [0.5, 0.6) is 0 Å². The van der Waals surface area contributed by atoms with Crippen molar-refractivity contribution in [3.05, 3.63) is 16.4 Å². The molecule has 0 saturated carbocycles. The van der Waals surface area contributed by atoms with Crippen LogP contribution in [0, 0.1) is 6.92 Å². The van der Waals surface area contributed by atoms with Crippen LogP contribution in [0.15, 0.2) is 5.10 Å². The van der Waals surface area contributed by atoms with Crippen LogP contribution in [-0.2, 0) is 7.05 Å². The van der Waals surface area contributed by atoms with Gasteiger partial charge in [-0.15, -0.1) is 0 Å². The number of aliphatic hydroxyl groups is 1. The predicted molar refractivity (Wildman–Crippen MR) is 67.9 cm³/mol. The second kappa shape index (κ2) is 4.70. The van der Waals surface area contributed by atoms with Crippen LogP contribution in [0.1, 0.15) is 29.5 Å². The van der Waals surface area contributed by atoms with E-state index in [4.69, 9.17) is 11.6 Å². The van der Waals surface area contributed by atoms with Gasteiger partial charge in [0, 0.05) is 19.2 Å². The van der Waals surface area contributed by atoms with Crippen LogP contribution in [0.25, 0.3) is 0 Å². The van der Waals surface area contributed by atoms with Gasteiger partial charge in [-0.2, -0.15) is 28.4 Å². The van der Waals surface area contributed by atoms with Crippen LogP contribution in [-0.4, -0.2) is 43.4 Å². The van der Waals surface area contributed by atoms with E-state index in [1.54, 1.807) is 6.92 Å². The first-order chi connectivity index (χ1) is 9.49. The highest BCUT2D eigenvalue weighted by molar-refractivity contribution is 6.34. The molecule has 0 aromatic carbocycles. The maximum atomic E-state index is 13.1. The molecule has 6 nitrogen and oxygen atoms in total. The van der Waals surface area contributed by atoms with E-state index in [2.05, 4.69) is 10.2 Å². The summed E-state index contributed by atoms with van der Waals surface area (Å²) in [5, 5.41) is 17.0. The van der Waals surface area contributed by atoms with Crippen molar-refractivity contribution in [3.63, 3.8) is 0 Å². The Balaban J connectivity index is 2.48. The zero-order valence-corrected chi connectivity index (χ0v) is 12.1. The molecule has 1 aliphatic heterocycles. The lowest BCUT2D eigenvalue weighted by atomic mass is 10.1. The molecule has 2 heterocycles. The molecule has 116 valence electrons. The summed E-state index contributed by atoms with van der Waals surface area (Å²) in [4.78, 5) is 12.2. The summed E-state index contributed by atoms with van der Waals surface area (Å²) < 4.78 is 40.4. The molecular formula is C11H12ClF3N4O2. The van der Waals surface area contributed by atoms with Crippen molar-refractivity contribution in [2.75, 3.05) is 0 Å². The second-order valence-electron chi connectivity index (χ2n) is 4.81. The van der Waals surface area contributed by atoms with Crippen LogP contribution < -0.4 is 0 Å². The van der Waals surface area contributed by atoms with Gasteiger partial charge in [-0.05, 0) is 13.8 Å². The maximum absolute atomic E-state index is 13.1. The maximum Gasteiger partial charge on any atom is 0.438 e. The van der Waals surface area contributed by atoms with E-state index < -0.39 is 29.9 Å². The van der Waals surface area contributed by atoms with Gasteiger partial charge in [0.25, 0.3) is 11.6 Å². The van der Waals surface area contributed by atoms with E-state index >= 15 is 0 Å². The molecule has 0 aliphatic carbocycles. The average Bonchev–Trinajstić information content (AvgIpc) is 2.80. The molecule has 1 atom stereocenters. The number of rotatable bonds is 1. The lowest BCUT2D eigenvalue weighted by Gasteiger charge is -2.32. The van der Waals surface area contributed by atoms with E-state index in [9.17, 15) is 23.1 Å². The van der Waals surface area contributed by atoms with Crippen molar-refractivity contribution >= 4 is 23.2 Å². The summed E-state index contributed by atoms with van der Waals surface area (Å²) in [5.74, 6) is -1.21. The smallest absolute Gasteiger partial charge is 0.362 e. The Labute approximate surface area is 122 Å². The monoisotopic (exact) mass is 324 g/mol. The first-order valence-electron chi connectivity index (χ1n) is 5.86. The highest BCUT2D eigenvalue weighted by atomic mass is 35.5. The minimum Gasteiger partial charge on any atom is -0.362 e. The molecule has 1 amide bonds. The SMILES string of the molecule is CC1=NN(C(=O)c2nn(C)c(C)c2Cl)[C@](O)(C(F)(F)F)C1. The van der Waals surface area contributed by atoms with Gasteiger partial charge < -0.3 is 5.11 Å². The number of aromatic nitrogens is 2. The zero-order chi connectivity index (χ0) is 16.2. The minimum absolute atomic E-state index is 0.00398. The van der Waals surface area contributed by atoms with Gasteiger partial charge in [0.1, 0.15) is 0 Å². The third kappa shape index (κ3) is 2.30. The van der Waals surface area contributed by atoms with Gasteiger partial charge in [0.15, 0.2) is 5.69 Å². The molecule has 1 N–H and O–H groups in total. The Morgan fingerprint density at radius 1 is 1.43 bits per heavy atom. The van der Waals surface area contributed by atoms with Crippen molar-refractivity contribution in [2.45, 2.75) is 32.2 Å². The third-order valence-electron chi connectivity index (χ3n) is 3.23. The highest BCUT2D eigenvalue weighted by Crippen LogP contribution is 2.41. The Kier molecular flexibility index (Phi) is 3.53. The summed E-state index contributed by atoms with van der Waals surface area (Å²) in [6.45, 7) is 2.84. The molecule has 0 radical (unpaired) electrons. The molecule has 1 aliphatic rings. The Morgan fingerprint density at radius 2 is 2.00 bits per heavy atom. The van der Waals surface area contributed by atoms with Crippen LogP contribution in [0.4, 0.5) is 13.2 Å². The average molecular weight is 325 g/mol. The van der Waals surface area contributed by atoms with Crippen LogP contribution >= 0.6 is 11.6 Å². The number of aryl methyl sites for hydroxylation is 1. The van der Waals surface area contributed by atoms with E-state index in [-0.39, 0.29) is 15.7 Å². The van der Waals surface area contributed by atoms with E-state index in [0.29, 0.717) is 5.69 Å². The molecule has 10 heteroatoms. The molecule has 1 aromatic heterocycles. The van der Waals surface area contributed by atoms with Gasteiger partial charge in [-0.25, -0.2) is 0 Å². The van der Waals surface area contributed by atoms with Crippen molar-refractivity contribution < 1.29 is 23.1 Å². The fourth-order valence-electron chi connectivity index (χ4n) is 1.97. The van der Waals surface area contributed by atoms with Crippen molar-refractivity contribution in [1.29, 1.82) is 0 Å². The lowest BCUT2D eigenvalue weighted by molar-refractivity contribution is -0.297. The molecule has 2 rings (SSSR count). The van der Waals surface area contributed by atoms with Crippen molar-refractivity contribution in [2.24, 2.45) is 12.1 Å². The van der Waals surface area contributed by atoms with Gasteiger partial charge >= 0.3 is 6.18 Å². The van der Waals surface area contributed by atoms with E-state index in [1.807, 2.05) is 0 Å². The Bertz CT molecular complexity index is 640. The fourth-order valence-corrected chi connectivity index (χ4v) is 2.21. The molecule has 0 unspecified atom stereocenters. The molecular weight excluding hydrogens is 313 g/mol. The van der Waals surface area contributed by atoms with Gasteiger partial charge in [0.2, 0.25) is 0 Å². The minimum atomic E-state index is -5.06. The number of halogens is 4.